The topological polar surface area (TPSA) is 15.3 Å². The van der Waals surface area contributed by atoms with Crippen LogP contribution in [-0.2, 0) is 0 Å². The Morgan fingerprint density at radius 3 is 2.92 bits per heavy atom. The summed E-state index contributed by atoms with van der Waals surface area (Å²) in [6.45, 7) is 4.45. The van der Waals surface area contributed by atoms with Gasteiger partial charge in [0.15, 0.2) is 0 Å². The van der Waals surface area contributed by atoms with Crippen molar-refractivity contribution < 1.29 is 8.78 Å². The van der Waals surface area contributed by atoms with Crippen LogP contribution in [0.5, 0.6) is 0 Å². The van der Waals surface area contributed by atoms with Gasteiger partial charge in [-0.3, -0.25) is 4.90 Å². The molecule has 0 aromatic heterocycles. The second-order valence-electron chi connectivity index (χ2n) is 3.27. The fourth-order valence-corrected chi connectivity index (χ4v) is 1.51. The van der Waals surface area contributed by atoms with Crippen LogP contribution >= 0.6 is 0 Å². The third kappa shape index (κ3) is 3.03. The molecule has 1 heterocycles. The zero-order valence-corrected chi connectivity index (χ0v) is 7.39. The Labute approximate surface area is 71.9 Å². The standard InChI is InChI=1S/C8H16F2N2/c1-7-2-3-11-4-5-12(7)6-8(9)10/h7-8,11H,2-6H2,1H3. The van der Waals surface area contributed by atoms with Crippen molar-refractivity contribution in [2.75, 3.05) is 26.2 Å². The highest BCUT2D eigenvalue weighted by Crippen LogP contribution is 2.08. The summed E-state index contributed by atoms with van der Waals surface area (Å²) < 4.78 is 24.1. The number of nitrogens with one attached hydrogen (secondary N) is 1. The van der Waals surface area contributed by atoms with Crippen LogP contribution in [0.2, 0.25) is 0 Å². The normalized spacial score (nSPS) is 27.5. The van der Waals surface area contributed by atoms with E-state index in [1.165, 1.54) is 0 Å². The highest BCUT2D eigenvalue weighted by Gasteiger charge is 2.19. The number of hydrogen-bond donors (Lipinski definition) is 1. The maximum absolute atomic E-state index is 12.1. The molecule has 72 valence electrons. The lowest BCUT2D eigenvalue weighted by molar-refractivity contribution is 0.0729. The van der Waals surface area contributed by atoms with Crippen molar-refractivity contribution in [2.24, 2.45) is 0 Å². The third-order valence-corrected chi connectivity index (χ3v) is 2.31. The summed E-state index contributed by atoms with van der Waals surface area (Å²) in [5.74, 6) is 0. The van der Waals surface area contributed by atoms with Gasteiger partial charge in [-0.05, 0) is 19.9 Å². The van der Waals surface area contributed by atoms with Crippen LogP contribution in [0.25, 0.3) is 0 Å². The van der Waals surface area contributed by atoms with Crippen molar-refractivity contribution in [2.45, 2.75) is 25.8 Å². The van der Waals surface area contributed by atoms with E-state index >= 15 is 0 Å². The zero-order valence-electron chi connectivity index (χ0n) is 7.39. The van der Waals surface area contributed by atoms with Crippen LogP contribution in [-0.4, -0.2) is 43.5 Å². The van der Waals surface area contributed by atoms with Crippen molar-refractivity contribution in [3.05, 3.63) is 0 Å². The Bertz CT molecular complexity index is 130. The molecule has 2 nitrogen and oxygen atoms in total. The fraction of sp³-hybridized carbons (Fsp3) is 1.00. The van der Waals surface area contributed by atoms with Crippen molar-refractivity contribution >= 4 is 0 Å². The second-order valence-corrected chi connectivity index (χ2v) is 3.27. The van der Waals surface area contributed by atoms with Gasteiger partial charge in [-0.15, -0.1) is 0 Å². The maximum Gasteiger partial charge on any atom is 0.251 e. The largest absolute Gasteiger partial charge is 0.315 e. The lowest BCUT2D eigenvalue weighted by atomic mass is 10.2. The SMILES string of the molecule is CC1CCNCCN1CC(F)F. The molecule has 0 radical (unpaired) electrons. The number of hydrogen-bond acceptors (Lipinski definition) is 2. The number of nitrogens with zero attached hydrogens (tertiary/aromatic N) is 1. The Morgan fingerprint density at radius 1 is 1.50 bits per heavy atom. The van der Waals surface area contributed by atoms with E-state index in [2.05, 4.69) is 5.32 Å². The third-order valence-electron chi connectivity index (χ3n) is 2.31. The van der Waals surface area contributed by atoms with Crippen LogP contribution in [0.3, 0.4) is 0 Å². The van der Waals surface area contributed by atoms with Crippen LogP contribution < -0.4 is 5.32 Å². The minimum Gasteiger partial charge on any atom is -0.315 e. The number of rotatable bonds is 2. The molecule has 1 aliphatic heterocycles. The monoisotopic (exact) mass is 178 g/mol. The maximum atomic E-state index is 12.1. The van der Waals surface area contributed by atoms with Gasteiger partial charge in [0.2, 0.25) is 0 Å². The van der Waals surface area contributed by atoms with E-state index in [0.29, 0.717) is 0 Å². The highest BCUT2D eigenvalue weighted by atomic mass is 19.3. The minimum atomic E-state index is -2.20. The molecule has 1 N–H and O–H groups in total. The first-order valence-corrected chi connectivity index (χ1v) is 4.43. The van der Waals surface area contributed by atoms with Crippen molar-refractivity contribution in [1.29, 1.82) is 0 Å². The van der Waals surface area contributed by atoms with Gasteiger partial charge in [-0.2, -0.15) is 0 Å². The Morgan fingerprint density at radius 2 is 2.25 bits per heavy atom. The van der Waals surface area contributed by atoms with E-state index in [1.807, 2.05) is 11.8 Å². The zero-order chi connectivity index (χ0) is 8.97. The molecule has 1 atom stereocenters. The summed E-state index contributed by atoms with van der Waals surface area (Å²) in [6, 6.07) is 0.286. The Kier molecular flexibility index (Phi) is 3.88. The first kappa shape index (κ1) is 9.86. The summed E-state index contributed by atoms with van der Waals surface area (Å²) in [4.78, 5) is 1.85. The average molecular weight is 178 g/mol. The quantitative estimate of drug-likeness (QED) is 0.677. The van der Waals surface area contributed by atoms with E-state index in [4.69, 9.17) is 0 Å². The first-order valence-electron chi connectivity index (χ1n) is 4.43. The van der Waals surface area contributed by atoms with Crippen LogP contribution in [0.15, 0.2) is 0 Å². The van der Waals surface area contributed by atoms with Gasteiger partial charge in [0.1, 0.15) is 0 Å². The molecular formula is C8H16F2N2. The van der Waals surface area contributed by atoms with Gasteiger partial charge in [-0.25, -0.2) is 8.78 Å². The molecule has 0 aliphatic carbocycles. The van der Waals surface area contributed by atoms with Crippen LogP contribution in [0.1, 0.15) is 13.3 Å². The first-order chi connectivity index (χ1) is 5.70. The van der Waals surface area contributed by atoms with E-state index < -0.39 is 6.43 Å². The molecule has 12 heavy (non-hydrogen) atoms. The van der Waals surface area contributed by atoms with Gasteiger partial charge in [0, 0.05) is 19.1 Å². The molecule has 1 aliphatic rings. The molecule has 1 saturated heterocycles. The molecule has 0 spiro atoms. The predicted octanol–water partition coefficient (Wildman–Crippen LogP) is 0.935. The number of halogens is 2. The average Bonchev–Trinajstić information content (AvgIpc) is 2.16. The van der Waals surface area contributed by atoms with Gasteiger partial charge in [0.05, 0.1) is 6.54 Å². The highest BCUT2D eigenvalue weighted by molar-refractivity contribution is 4.73. The molecule has 0 amide bonds. The van der Waals surface area contributed by atoms with Gasteiger partial charge in [-0.1, -0.05) is 0 Å². The van der Waals surface area contributed by atoms with Crippen LogP contribution in [0, 0.1) is 0 Å². The molecule has 0 bridgehead atoms. The minimum absolute atomic E-state index is 0.0805. The van der Waals surface area contributed by atoms with Gasteiger partial charge >= 0.3 is 0 Å². The Balaban J connectivity index is 2.36. The molecule has 1 unspecified atom stereocenters. The molecule has 0 saturated carbocycles. The summed E-state index contributed by atoms with van der Waals surface area (Å²) in [6.07, 6.45) is -1.24. The van der Waals surface area contributed by atoms with Crippen molar-refractivity contribution in [3.8, 4) is 0 Å². The molecule has 0 aromatic rings. The van der Waals surface area contributed by atoms with Crippen molar-refractivity contribution in [1.82, 2.24) is 10.2 Å². The van der Waals surface area contributed by atoms with Crippen LogP contribution in [0.4, 0.5) is 8.78 Å². The molecule has 0 aromatic carbocycles. The Hall–Kier alpha value is -0.220. The summed E-state index contributed by atoms with van der Waals surface area (Å²) in [7, 11) is 0. The predicted molar refractivity (Wildman–Crippen MR) is 44.5 cm³/mol. The molecule has 1 rings (SSSR count). The number of alkyl halides is 2. The van der Waals surface area contributed by atoms with Crippen molar-refractivity contribution in [3.63, 3.8) is 0 Å². The van der Waals surface area contributed by atoms with E-state index in [0.717, 1.165) is 26.1 Å². The summed E-state index contributed by atoms with van der Waals surface area (Å²) in [5, 5.41) is 3.19. The second kappa shape index (κ2) is 4.72. The summed E-state index contributed by atoms with van der Waals surface area (Å²) >= 11 is 0. The molecule has 1 fully saturated rings. The molecular weight excluding hydrogens is 162 g/mol. The lowest BCUT2D eigenvalue weighted by Crippen LogP contribution is -2.37. The molecule has 4 heteroatoms. The van der Waals surface area contributed by atoms with E-state index in [1.54, 1.807) is 0 Å². The van der Waals surface area contributed by atoms with E-state index in [9.17, 15) is 8.78 Å². The smallest absolute Gasteiger partial charge is 0.251 e. The van der Waals surface area contributed by atoms with Gasteiger partial charge < -0.3 is 5.32 Å². The van der Waals surface area contributed by atoms with E-state index in [-0.39, 0.29) is 12.6 Å². The van der Waals surface area contributed by atoms with Gasteiger partial charge in [0.25, 0.3) is 6.43 Å². The lowest BCUT2D eigenvalue weighted by Gasteiger charge is -2.25. The summed E-state index contributed by atoms with van der Waals surface area (Å²) in [5.41, 5.74) is 0. The fourth-order valence-electron chi connectivity index (χ4n) is 1.51.